The summed E-state index contributed by atoms with van der Waals surface area (Å²) in [6.45, 7) is -0.165. The molecule has 3 unspecified atom stereocenters. The number of carbonyl (C=O) groups excluding carboxylic acids is 1. The second kappa shape index (κ2) is 9.50. The summed E-state index contributed by atoms with van der Waals surface area (Å²) in [5, 5.41) is 6.56. The number of halogens is 4. The molecular formula is C22H21ClF3N5O2. The Bertz CT molecular complexity index is 1180. The number of carbonyl (C=O) groups is 1. The number of aromatic nitrogens is 3. The Hall–Kier alpha value is -2.95. The van der Waals surface area contributed by atoms with Crippen molar-refractivity contribution in [3.05, 3.63) is 64.6 Å². The van der Waals surface area contributed by atoms with E-state index in [1.165, 1.54) is 29.1 Å². The second-order valence-corrected chi connectivity index (χ2v) is 8.11. The number of ether oxygens (including phenoxy) is 1. The summed E-state index contributed by atoms with van der Waals surface area (Å²) in [6, 6.07) is 5.54. The summed E-state index contributed by atoms with van der Waals surface area (Å²) in [4.78, 5) is 17.0. The van der Waals surface area contributed by atoms with Crippen LogP contribution in [0.4, 0.5) is 18.9 Å². The zero-order valence-corrected chi connectivity index (χ0v) is 18.3. The maximum absolute atomic E-state index is 14.4. The van der Waals surface area contributed by atoms with Crippen LogP contribution < -0.4 is 11.1 Å². The lowest BCUT2D eigenvalue weighted by Gasteiger charge is -2.17. The van der Waals surface area contributed by atoms with Crippen LogP contribution in [0.3, 0.4) is 0 Å². The van der Waals surface area contributed by atoms with E-state index >= 15 is 0 Å². The van der Waals surface area contributed by atoms with Crippen molar-refractivity contribution < 1.29 is 22.7 Å². The molecule has 2 aromatic heterocycles. The van der Waals surface area contributed by atoms with Crippen LogP contribution in [0.1, 0.15) is 35.1 Å². The maximum Gasteiger partial charge on any atom is 0.274 e. The lowest BCUT2D eigenvalue weighted by molar-refractivity contribution is 0.0247. The summed E-state index contributed by atoms with van der Waals surface area (Å²) in [6.07, 6.45) is 0.477. The van der Waals surface area contributed by atoms with Crippen LogP contribution in [0.5, 0.6) is 0 Å². The van der Waals surface area contributed by atoms with Crippen LogP contribution in [-0.4, -0.2) is 39.5 Å². The van der Waals surface area contributed by atoms with Gasteiger partial charge in [0.15, 0.2) is 0 Å². The first-order chi connectivity index (χ1) is 15.8. The minimum atomic E-state index is -1.28. The number of anilines is 1. The molecule has 1 saturated heterocycles. The highest BCUT2D eigenvalue weighted by Crippen LogP contribution is 2.33. The molecule has 33 heavy (non-hydrogen) atoms. The van der Waals surface area contributed by atoms with Gasteiger partial charge in [-0.25, -0.2) is 18.2 Å². The van der Waals surface area contributed by atoms with Crippen molar-refractivity contribution in [2.75, 3.05) is 11.9 Å². The molecular weight excluding hydrogens is 459 g/mol. The molecule has 3 atom stereocenters. The largest absolute Gasteiger partial charge is 0.369 e. The van der Waals surface area contributed by atoms with E-state index in [9.17, 15) is 18.0 Å². The number of aryl methyl sites for hydroxylation is 1. The highest BCUT2D eigenvalue weighted by Gasteiger charge is 2.30. The Kier molecular flexibility index (Phi) is 6.68. The highest BCUT2D eigenvalue weighted by atomic mass is 35.5. The molecule has 3 heterocycles. The number of nitrogens with one attached hydrogen (secondary N) is 1. The third kappa shape index (κ3) is 4.73. The Morgan fingerprint density at radius 2 is 2.03 bits per heavy atom. The molecule has 1 amide bonds. The van der Waals surface area contributed by atoms with E-state index < -0.39 is 35.9 Å². The van der Waals surface area contributed by atoms with Gasteiger partial charge in [-0.05, 0) is 31.0 Å². The van der Waals surface area contributed by atoms with Gasteiger partial charge in [0.1, 0.15) is 35.3 Å². The molecule has 0 saturated carbocycles. The Morgan fingerprint density at radius 3 is 2.82 bits per heavy atom. The fraction of sp³-hybridized carbons (Fsp3) is 0.318. The van der Waals surface area contributed by atoms with Gasteiger partial charge in [-0.1, -0.05) is 23.7 Å². The SMILES string of the molecule is Cn1ncc(NC(=O)c2ccc(F)c(-c3cccc(F)c3Cl)n2)c1C1CCC(N)C(F)CO1. The zero-order valence-electron chi connectivity index (χ0n) is 17.6. The number of hydrogen-bond donors (Lipinski definition) is 2. The quantitative estimate of drug-likeness (QED) is 0.585. The molecule has 1 fully saturated rings. The molecule has 3 N–H and O–H groups in total. The first kappa shape index (κ1) is 23.2. The highest BCUT2D eigenvalue weighted by molar-refractivity contribution is 6.33. The van der Waals surface area contributed by atoms with Crippen LogP contribution in [0.15, 0.2) is 36.5 Å². The normalized spacial score (nSPS) is 21.0. The lowest BCUT2D eigenvalue weighted by atomic mass is 10.0. The van der Waals surface area contributed by atoms with E-state index in [0.717, 1.165) is 12.1 Å². The summed E-state index contributed by atoms with van der Waals surface area (Å²) in [7, 11) is 1.67. The van der Waals surface area contributed by atoms with Crippen molar-refractivity contribution >= 4 is 23.2 Å². The Morgan fingerprint density at radius 1 is 1.24 bits per heavy atom. The number of alkyl halides is 1. The number of pyridine rings is 1. The number of nitrogens with zero attached hydrogens (tertiary/aromatic N) is 3. The van der Waals surface area contributed by atoms with Crippen molar-refractivity contribution in [3.63, 3.8) is 0 Å². The molecule has 0 spiro atoms. The molecule has 0 bridgehead atoms. The third-order valence-corrected chi connectivity index (χ3v) is 5.89. The van der Waals surface area contributed by atoms with Crippen molar-refractivity contribution in [1.29, 1.82) is 0 Å². The first-order valence-electron chi connectivity index (χ1n) is 10.2. The van der Waals surface area contributed by atoms with Gasteiger partial charge < -0.3 is 15.8 Å². The lowest BCUT2D eigenvalue weighted by Crippen LogP contribution is -2.32. The van der Waals surface area contributed by atoms with Gasteiger partial charge in [-0.15, -0.1) is 0 Å². The predicted molar refractivity (Wildman–Crippen MR) is 117 cm³/mol. The molecule has 1 aromatic carbocycles. The fourth-order valence-electron chi connectivity index (χ4n) is 3.71. The van der Waals surface area contributed by atoms with Crippen LogP contribution in [0, 0.1) is 11.6 Å². The van der Waals surface area contributed by atoms with Gasteiger partial charge in [0, 0.05) is 18.7 Å². The van der Waals surface area contributed by atoms with Gasteiger partial charge in [0.25, 0.3) is 5.91 Å². The van der Waals surface area contributed by atoms with Crippen LogP contribution >= 0.6 is 11.6 Å². The summed E-state index contributed by atoms with van der Waals surface area (Å²) in [5.74, 6) is -2.14. The van der Waals surface area contributed by atoms with Crippen molar-refractivity contribution in [1.82, 2.24) is 14.8 Å². The minimum Gasteiger partial charge on any atom is -0.369 e. The molecule has 4 rings (SSSR count). The Balaban J connectivity index is 1.61. The van der Waals surface area contributed by atoms with E-state index in [0.29, 0.717) is 24.2 Å². The smallest absolute Gasteiger partial charge is 0.274 e. The van der Waals surface area contributed by atoms with E-state index in [1.54, 1.807) is 7.05 Å². The first-order valence-corrected chi connectivity index (χ1v) is 10.6. The number of rotatable bonds is 4. The van der Waals surface area contributed by atoms with Gasteiger partial charge >= 0.3 is 0 Å². The topological polar surface area (TPSA) is 95.1 Å². The molecule has 7 nitrogen and oxygen atoms in total. The van der Waals surface area contributed by atoms with Gasteiger partial charge in [-0.2, -0.15) is 5.10 Å². The van der Waals surface area contributed by atoms with E-state index in [-0.39, 0.29) is 28.6 Å². The predicted octanol–water partition coefficient (Wildman–Crippen LogP) is 4.18. The molecule has 0 radical (unpaired) electrons. The van der Waals surface area contributed by atoms with E-state index in [2.05, 4.69) is 15.4 Å². The Labute approximate surface area is 192 Å². The van der Waals surface area contributed by atoms with Gasteiger partial charge in [-0.3, -0.25) is 9.48 Å². The average molecular weight is 480 g/mol. The van der Waals surface area contributed by atoms with Crippen molar-refractivity contribution in [2.45, 2.75) is 31.2 Å². The third-order valence-electron chi connectivity index (χ3n) is 5.51. The van der Waals surface area contributed by atoms with Crippen LogP contribution in [0.25, 0.3) is 11.3 Å². The average Bonchev–Trinajstić information content (AvgIpc) is 3.06. The number of hydrogen-bond acceptors (Lipinski definition) is 5. The van der Waals surface area contributed by atoms with E-state index in [1.807, 2.05) is 0 Å². The molecule has 174 valence electrons. The van der Waals surface area contributed by atoms with Crippen LogP contribution in [0.2, 0.25) is 5.02 Å². The second-order valence-electron chi connectivity index (χ2n) is 7.73. The zero-order chi connectivity index (χ0) is 23.7. The van der Waals surface area contributed by atoms with E-state index in [4.69, 9.17) is 22.1 Å². The van der Waals surface area contributed by atoms with Crippen molar-refractivity contribution in [2.24, 2.45) is 12.8 Å². The molecule has 1 aliphatic heterocycles. The summed E-state index contributed by atoms with van der Waals surface area (Å²) < 4.78 is 49.4. The fourth-order valence-corrected chi connectivity index (χ4v) is 3.93. The number of benzene rings is 1. The van der Waals surface area contributed by atoms with Gasteiger partial charge in [0.2, 0.25) is 0 Å². The maximum atomic E-state index is 14.4. The summed E-state index contributed by atoms with van der Waals surface area (Å²) in [5.41, 5.74) is 6.34. The van der Waals surface area contributed by atoms with Crippen LogP contribution in [-0.2, 0) is 11.8 Å². The number of amides is 1. The monoisotopic (exact) mass is 479 g/mol. The minimum absolute atomic E-state index is 0.0230. The summed E-state index contributed by atoms with van der Waals surface area (Å²) >= 11 is 5.96. The van der Waals surface area contributed by atoms with Gasteiger partial charge in [0.05, 0.1) is 29.2 Å². The number of nitrogens with two attached hydrogens (primary N) is 1. The standard InChI is InChI=1S/C22H21ClF3N5O2/c1-31-21(18-8-6-15(27)14(26)10-33-18)17(9-28-31)30-22(32)16-7-5-13(25)20(29-16)11-3-2-4-12(24)19(11)23/h2-5,7,9,14-15,18H,6,8,10,27H2,1H3,(H,30,32). The molecule has 0 aliphatic carbocycles. The molecule has 11 heteroatoms. The molecule has 1 aliphatic rings. The van der Waals surface area contributed by atoms with Crippen molar-refractivity contribution in [3.8, 4) is 11.3 Å². The molecule has 3 aromatic rings.